The molecule has 0 unspecified atom stereocenters. The van der Waals surface area contributed by atoms with Crippen LogP contribution in [0, 0.1) is 5.41 Å². The summed E-state index contributed by atoms with van der Waals surface area (Å²) >= 11 is 0. The van der Waals surface area contributed by atoms with Crippen molar-refractivity contribution in [1.29, 1.82) is 5.41 Å². The van der Waals surface area contributed by atoms with Gasteiger partial charge >= 0.3 is 0 Å². The summed E-state index contributed by atoms with van der Waals surface area (Å²) < 4.78 is 1.82. The lowest BCUT2D eigenvalue weighted by Gasteiger charge is -2.00. The molecule has 3 aromatic rings. The first kappa shape index (κ1) is 14.6. The van der Waals surface area contributed by atoms with Gasteiger partial charge in [0.25, 0.3) is 0 Å². The van der Waals surface area contributed by atoms with E-state index in [2.05, 4.69) is 15.3 Å². The second kappa shape index (κ2) is 6.65. The van der Waals surface area contributed by atoms with Gasteiger partial charge in [0.2, 0.25) is 5.96 Å². The van der Waals surface area contributed by atoms with Crippen molar-refractivity contribution in [2.24, 2.45) is 16.0 Å². The number of para-hydroxylation sites is 1. The molecule has 0 atom stereocenters. The molecule has 0 saturated carbocycles. The molecule has 23 heavy (non-hydrogen) atoms. The summed E-state index contributed by atoms with van der Waals surface area (Å²) in [5, 5.41) is 19.3. The Bertz CT molecular complexity index is 821. The number of rotatable bonds is 4. The predicted molar refractivity (Wildman–Crippen MR) is 89.5 cm³/mol. The van der Waals surface area contributed by atoms with Gasteiger partial charge < -0.3 is 5.73 Å². The van der Waals surface area contributed by atoms with E-state index in [-0.39, 0.29) is 5.96 Å². The lowest BCUT2D eigenvalue weighted by Crippen LogP contribution is -2.03. The number of nitrogens with two attached hydrogens (primary N) is 1. The molecular weight excluding hydrogens is 288 g/mol. The Balaban J connectivity index is 2.02. The van der Waals surface area contributed by atoms with Crippen molar-refractivity contribution in [3.8, 4) is 16.9 Å². The first-order valence-corrected chi connectivity index (χ1v) is 7.15. The molecule has 0 aliphatic heterocycles. The second-order valence-corrected chi connectivity index (χ2v) is 4.93. The summed E-state index contributed by atoms with van der Waals surface area (Å²) in [7, 11) is 0. The van der Waals surface area contributed by atoms with Gasteiger partial charge in [-0.1, -0.05) is 48.5 Å². The van der Waals surface area contributed by atoms with Crippen LogP contribution in [0.4, 0.5) is 0 Å². The lowest BCUT2D eigenvalue weighted by molar-refractivity contribution is 0.882. The summed E-state index contributed by atoms with van der Waals surface area (Å²) in [4.78, 5) is 0. The molecule has 1 aromatic heterocycles. The van der Waals surface area contributed by atoms with E-state index in [0.29, 0.717) is 6.54 Å². The number of benzene rings is 2. The van der Waals surface area contributed by atoms with Crippen molar-refractivity contribution in [1.82, 2.24) is 9.78 Å². The van der Waals surface area contributed by atoms with Crippen LogP contribution in [0.15, 0.2) is 77.1 Å². The maximum absolute atomic E-state index is 7.11. The Morgan fingerprint density at radius 3 is 2.35 bits per heavy atom. The van der Waals surface area contributed by atoms with Crippen LogP contribution in [0.1, 0.15) is 5.56 Å². The molecule has 0 radical (unpaired) electrons. The van der Waals surface area contributed by atoms with Crippen molar-refractivity contribution < 1.29 is 0 Å². The average Bonchev–Trinajstić information content (AvgIpc) is 3.00. The molecule has 114 valence electrons. The molecule has 1 heterocycles. The summed E-state index contributed by atoms with van der Waals surface area (Å²) in [6.45, 7) is 0.316. The minimum absolute atomic E-state index is 0.304. The fourth-order valence-electron chi connectivity index (χ4n) is 2.27. The van der Waals surface area contributed by atoms with Crippen molar-refractivity contribution >= 4 is 5.96 Å². The molecule has 0 saturated heterocycles. The van der Waals surface area contributed by atoms with Crippen LogP contribution in [-0.4, -0.2) is 15.7 Å². The third-order valence-electron chi connectivity index (χ3n) is 3.28. The zero-order valence-electron chi connectivity index (χ0n) is 12.4. The number of hydrogen-bond donors (Lipinski definition) is 2. The van der Waals surface area contributed by atoms with Crippen LogP contribution in [-0.2, 0) is 6.54 Å². The molecule has 0 bridgehead atoms. The highest BCUT2D eigenvalue weighted by Crippen LogP contribution is 2.24. The second-order valence-electron chi connectivity index (χ2n) is 4.93. The van der Waals surface area contributed by atoms with E-state index in [9.17, 15) is 0 Å². The van der Waals surface area contributed by atoms with Gasteiger partial charge in [0.15, 0.2) is 0 Å². The van der Waals surface area contributed by atoms with Gasteiger partial charge in [-0.05, 0) is 12.1 Å². The Hall–Kier alpha value is -3.28. The standard InChI is InChI=1S/C17H16N6/c18-17(19)21-20-11-14-12-23(15-9-5-2-6-10-15)22-16(14)13-7-3-1-4-8-13/h1-10,12H,11H2,(H3,18,19). The summed E-state index contributed by atoms with van der Waals surface area (Å²) in [5.74, 6) is -0.304. The maximum Gasteiger partial charge on any atom is 0.232 e. The smallest absolute Gasteiger partial charge is 0.232 e. The van der Waals surface area contributed by atoms with Gasteiger partial charge in [0, 0.05) is 17.3 Å². The molecule has 0 aliphatic carbocycles. The maximum atomic E-state index is 7.11. The fraction of sp³-hybridized carbons (Fsp3) is 0.0588. The van der Waals surface area contributed by atoms with Crippen molar-refractivity contribution in [2.45, 2.75) is 6.54 Å². The number of hydrogen-bond acceptors (Lipinski definition) is 3. The normalized spacial score (nSPS) is 11.0. The largest absolute Gasteiger partial charge is 0.367 e. The highest BCUT2D eigenvalue weighted by molar-refractivity contribution is 5.74. The van der Waals surface area contributed by atoms with Gasteiger partial charge in [-0.3, -0.25) is 5.41 Å². The van der Waals surface area contributed by atoms with E-state index in [1.165, 1.54) is 0 Å². The van der Waals surface area contributed by atoms with Crippen LogP contribution in [0.3, 0.4) is 0 Å². The Labute approximate surface area is 133 Å². The van der Waals surface area contributed by atoms with E-state index in [0.717, 1.165) is 22.5 Å². The third kappa shape index (κ3) is 3.49. The number of guanidine groups is 1. The summed E-state index contributed by atoms with van der Waals surface area (Å²) in [6, 6.07) is 19.8. The molecule has 6 heteroatoms. The topological polar surface area (TPSA) is 92.4 Å². The number of nitrogens with zero attached hydrogens (tertiary/aromatic N) is 4. The Morgan fingerprint density at radius 1 is 1.04 bits per heavy atom. The molecular formula is C17H16N6. The zero-order chi connectivity index (χ0) is 16.1. The molecule has 3 N–H and O–H groups in total. The van der Waals surface area contributed by atoms with Crippen LogP contribution in [0.5, 0.6) is 0 Å². The van der Waals surface area contributed by atoms with Crippen LogP contribution < -0.4 is 5.73 Å². The molecule has 0 amide bonds. The number of azo groups is 1. The number of nitrogens with one attached hydrogen (secondary N) is 1. The summed E-state index contributed by atoms with van der Waals surface area (Å²) in [5.41, 5.74) is 8.95. The van der Waals surface area contributed by atoms with Crippen molar-refractivity contribution in [2.75, 3.05) is 0 Å². The highest BCUT2D eigenvalue weighted by atomic mass is 15.3. The first-order valence-electron chi connectivity index (χ1n) is 7.15. The quantitative estimate of drug-likeness (QED) is 0.439. The van der Waals surface area contributed by atoms with Gasteiger partial charge in [-0.25, -0.2) is 4.68 Å². The fourth-order valence-corrected chi connectivity index (χ4v) is 2.27. The molecule has 0 spiro atoms. The van der Waals surface area contributed by atoms with Crippen LogP contribution >= 0.6 is 0 Å². The van der Waals surface area contributed by atoms with Gasteiger partial charge in [-0.15, -0.1) is 5.11 Å². The Kier molecular flexibility index (Phi) is 4.24. The Morgan fingerprint density at radius 2 is 1.70 bits per heavy atom. The van der Waals surface area contributed by atoms with E-state index in [1.54, 1.807) is 0 Å². The third-order valence-corrected chi connectivity index (χ3v) is 3.28. The first-order chi connectivity index (χ1) is 11.2. The van der Waals surface area contributed by atoms with Gasteiger partial charge in [0.05, 0.1) is 17.9 Å². The summed E-state index contributed by atoms with van der Waals surface area (Å²) in [6.07, 6.45) is 1.93. The van der Waals surface area contributed by atoms with Gasteiger partial charge in [-0.2, -0.15) is 10.2 Å². The number of aromatic nitrogens is 2. The highest BCUT2D eigenvalue weighted by Gasteiger charge is 2.11. The minimum atomic E-state index is -0.304. The van der Waals surface area contributed by atoms with E-state index in [1.807, 2.05) is 71.5 Å². The predicted octanol–water partition coefficient (Wildman–Crippen LogP) is 3.38. The zero-order valence-corrected chi connectivity index (χ0v) is 12.4. The minimum Gasteiger partial charge on any atom is -0.367 e. The van der Waals surface area contributed by atoms with Crippen LogP contribution in [0.25, 0.3) is 16.9 Å². The van der Waals surface area contributed by atoms with Crippen molar-refractivity contribution in [3.63, 3.8) is 0 Å². The van der Waals surface area contributed by atoms with E-state index < -0.39 is 0 Å². The molecule has 0 aliphatic rings. The lowest BCUT2D eigenvalue weighted by atomic mass is 10.1. The molecule has 3 rings (SSSR count). The van der Waals surface area contributed by atoms with E-state index >= 15 is 0 Å². The molecule has 2 aromatic carbocycles. The monoisotopic (exact) mass is 304 g/mol. The van der Waals surface area contributed by atoms with Crippen LogP contribution in [0.2, 0.25) is 0 Å². The SMILES string of the molecule is N=C(N)N=NCc1cn(-c2ccccc2)nc1-c1ccccc1. The molecule has 6 nitrogen and oxygen atoms in total. The van der Waals surface area contributed by atoms with Gasteiger partial charge in [0.1, 0.15) is 0 Å². The molecule has 0 fully saturated rings. The van der Waals surface area contributed by atoms with Crippen molar-refractivity contribution in [3.05, 3.63) is 72.4 Å². The van der Waals surface area contributed by atoms with E-state index in [4.69, 9.17) is 11.1 Å². The average molecular weight is 304 g/mol.